The van der Waals surface area contributed by atoms with E-state index in [-0.39, 0.29) is 23.6 Å². The van der Waals surface area contributed by atoms with Crippen molar-refractivity contribution in [1.29, 1.82) is 0 Å². The zero-order valence-electron chi connectivity index (χ0n) is 15.5. The Labute approximate surface area is 170 Å². The number of nitrogens with zero attached hydrogens (tertiary/aromatic N) is 2. The fourth-order valence-corrected chi connectivity index (χ4v) is 3.77. The van der Waals surface area contributed by atoms with Crippen molar-refractivity contribution >= 4 is 28.4 Å². The first-order valence-electron chi connectivity index (χ1n) is 8.77. The van der Waals surface area contributed by atoms with Crippen LogP contribution in [0.1, 0.15) is 17.3 Å². The van der Waals surface area contributed by atoms with Gasteiger partial charge in [-0.3, -0.25) is 14.2 Å². The maximum absolute atomic E-state index is 12.8. The molecule has 0 aliphatic rings. The van der Waals surface area contributed by atoms with Crippen LogP contribution in [0.3, 0.4) is 0 Å². The Hall–Kier alpha value is -3.00. The third kappa shape index (κ3) is 4.71. The predicted molar refractivity (Wildman–Crippen MR) is 109 cm³/mol. The van der Waals surface area contributed by atoms with Gasteiger partial charge in [0.2, 0.25) is 0 Å². The number of fused-ring (bicyclic) bond motifs is 1. The summed E-state index contributed by atoms with van der Waals surface area (Å²) in [5, 5.41) is 0.348. The number of aromatic nitrogens is 2. The van der Waals surface area contributed by atoms with Gasteiger partial charge in [-0.2, -0.15) is 8.78 Å². The standard InChI is InChI=1S/C21H18F2N2O3S/c1-3-12-25-19(27)16-6-4-5-7-17(16)24-21(25)29-13(2)18(26)14-8-10-15(11-9-14)28-20(22)23/h3-11,13,20H,1,12H2,2H3/t13-/m0/s1. The van der Waals surface area contributed by atoms with Crippen molar-refractivity contribution in [2.75, 3.05) is 0 Å². The maximum atomic E-state index is 12.8. The van der Waals surface area contributed by atoms with Gasteiger partial charge in [-0.15, -0.1) is 6.58 Å². The summed E-state index contributed by atoms with van der Waals surface area (Å²) in [4.78, 5) is 30.1. The van der Waals surface area contributed by atoms with Crippen LogP contribution in [0.15, 0.2) is 71.1 Å². The van der Waals surface area contributed by atoms with E-state index in [4.69, 9.17) is 0 Å². The van der Waals surface area contributed by atoms with Gasteiger partial charge in [-0.05, 0) is 43.3 Å². The summed E-state index contributed by atoms with van der Waals surface area (Å²) in [6, 6.07) is 12.5. The molecule has 0 aliphatic heterocycles. The van der Waals surface area contributed by atoms with Crippen LogP contribution in [0, 0.1) is 0 Å². The highest BCUT2D eigenvalue weighted by molar-refractivity contribution is 8.00. The minimum atomic E-state index is -2.92. The van der Waals surface area contributed by atoms with E-state index < -0.39 is 11.9 Å². The molecule has 1 heterocycles. The molecule has 0 aliphatic carbocycles. The topological polar surface area (TPSA) is 61.2 Å². The highest BCUT2D eigenvalue weighted by Gasteiger charge is 2.20. The number of allylic oxidation sites excluding steroid dienone is 1. The average Bonchev–Trinajstić information content (AvgIpc) is 2.70. The van der Waals surface area contributed by atoms with Crippen LogP contribution in [-0.2, 0) is 6.54 Å². The molecule has 0 saturated heterocycles. The van der Waals surface area contributed by atoms with Gasteiger partial charge in [0.05, 0.1) is 16.2 Å². The van der Waals surface area contributed by atoms with Crippen molar-refractivity contribution in [1.82, 2.24) is 9.55 Å². The lowest BCUT2D eigenvalue weighted by molar-refractivity contribution is -0.0498. The number of carbonyl (C=O) groups is 1. The van der Waals surface area contributed by atoms with Crippen LogP contribution >= 0.6 is 11.8 Å². The third-order valence-corrected chi connectivity index (χ3v) is 5.24. The molecule has 0 saturated carbocycles. The number of alkyl halides is 2. The Balaban J connectivity index is 1.87. The molecule has 0 spiro atoms. The number of rotatable bonds is 8. The Bertz CT molecular complexity index is 1100. The maximum Gasteiger partial charge on any atom is 0.387 e. The molecule has 5 nitrogen and oxygen atoms in total. The normalized spacial score (nSPS) is 12.1. The lowest BCUT2D eigenvalue weighted by Gasteiger charge is -2.15. The average molecular weight is 416 g/mol. The molecule has 0 amide bonds. The molecule has 0 fully saturated rings. The number of para-hydroxylation sites is 1. The highest BCUT2D eigenvalue weighted by Crippen LogP contribution is 2.26. The van der Waals surface area contributed by atoms with Crippen molar-refractivity contribution < 1.29 is 18.3 Å². The van der Waals surface area contributed by atoms with Crippen molar-refractivity contribution in [3.05, 3.63) is 77.1 Å². The number of hydrogen-bond acceptors (Lipinski definition) is 5. The summed E-state index contributed by atoms with van der Waals surface area (Å²) >= 11 is 1.16. The van der Waals surface area contributed by atoms with E-state index in [0.717, 1.165) is 11.8 Å². The monoisotopic (exact) mass is 416 g/mol. The first-order valence-corrected chi connectivity index (χ1v) is 9.65. The largest absolute Gasteiger partial charge is 0.435 e. The smallest absolute Gasteiger partial charge is 0.387 e. The minimum Gasteiger partial charge on any atom is -0.435 e. The minimum absolute atomic E-state index is 0.0205. The fraction of sp³-hybridized carbons (Fsp3) is 0.190. The number of halogens is 2. The van der Waals surface area contributed by atoms with Crippen LogP contribution in [0.25, 0.3) is 10.9 Å². The first-order chi connectivity index (χ1) is 13.9. The number of ketones is 1. The van der Waals surface area contributed by atoms with Gasteiger partial charge in [0.15, 0.2) is 10.9 Å². The van der Waals surface area contributed by atoms with Gasteiger partial charge in [-0.25, -0.2) is 4.98 Å². The van der Waals surface area contributed by atoms with Crippen LogP contribution < -0.4 is 10.3 Å². The summed E-state index contributed by atoms with van der Waals surface area (Å²) in [5.41, 5.74) is 0.699. The van der Waals surface area contributed by atoms with E-state index in [1.807, 2.05) is 0 Å². The second-order valence-electron chi connectivity index (χ2n) is 6.14. The Morgan fingerprint density at radius 1 is 1.24 bits per heavy atom. The van der Waals surface area contributed by atoms with Crippen LogP contribution in [0.2, 0.25) is 0 Å². The summed E-state index contributed by atoms with van der Waals surface area (Å²) in [6.07, 6.45) is 1.59. The molecule has 1 atom stereocenters. The molecule has 2 aromatic carbocycles. The first kappa shape index (κ1) is 20.7. The van der Waals surface area contributed by atoms with Gasteiger partial charge in [0.25, 0.3) is 5.56 Å². The third-order valence-electron chi connectivity index (χ3n) is 4.15. The molecular weight excluding hydrogens is 398 g/mol. The summed E-state index contributed by atoms with van der Waals surface area (Å²) in [5.74, 6) is -0.237. The van der Waals surface area contributed by atoms with E-state index in [2.05, 4.69) is 16.3 Å². The zero-order chi connectivity index (χ0) is 21.0. The Morgan fingerprint density at radius 2 is 1.93 bits per heavy atom. The summed E-state index contributed by atoms with van der Waals surface area (Å²) in [7, 11) is 0. The fourth-order valence-electron chi connectivity index (χ4n) is 2.77. The molecule has 8 heteroatoms. The number of benzene rings is 2. The summed E-state index contributed by atoms with van der Waals surface area (Å²) in [6.45, 7) is 2.72. The number of Topliss-reactive ketones (excluding diaryl/α,β-unsaturated/α-hetero) is 1. The number of carbonyl (C=O) groups excluding carboxylic acids is 1. The molecular formula is C21H18F2N2O3S. The Kier molecular flexibility index (Phi) is 6.43. The number of thioether (sulfide) groups is 1. The van der Waals surface area contributed by atoms with Gasteiger partial charge < -0.3 is 4.74 Å². The molecule has 0 radical (unpaired) electrons. The molecule has 0 N–H and O–H groups in total. The van der Waals surface area contributed by atoms with Gasteiger partial charge >= 0.3 is 6.61 Å². The van der Waals surface area contributed by atoms with E-state index in [1.165, 1.54) is 28.8 Å². The predicted octanol–water partition coefficient (Wildman–Crippen LogP) is 4.55. The highest BCUT2D eigenvalue weighted by atomic mass is 32.2. The van der Waals surface area contributed by atoms with Crippen molar-refractivity contribution in [3.8, 4) is 5.75 Å². The molecule has 0 unspecified atom stereocenters. The van der Waals surface area contributed by atoms with Gasteiger partial charge in [0, 0.05) is 12.1 Å². The number of hydrogen-bond donors (Lipinski definition) is 0. The van der Waals surface area contributed by atoms with E-state index >= 15 is 0 Å². The Morgan fingerprint density at radius 3 is 2.59 bits per heavy atom. The molecule has 0 bridgehead atoms. The SMILES string of the molecule is C=CCn1c(S[C@@H](C)C(=O)c2ccc(OC(F)F)cc2)nc2ccccc2c1=O. The van der Waals surface area contributed by atoms with Gasteiger partial charge in [0.1, 0.15) is 5.75 Å². The molecule has 3 aromatic rings. The van der Waals surface area contributed by atoms with Crippen molar-refractivity contribution in [2.24, 2.45) is 0 Å². The molecule has 3 rings (SSSR count). The van der Waals surface area contributed by atoms with Crippen LogP contribution in [-0.4, -0.2) is 27.2 Å². The van der Waals surface area contributed by atoms with Crippen molar-refractivity contribution in [2.45, 2.75) is 30.5 Å². The van der Waals surface area contributed by atoms with Crippen molar-refractivity contribution in [3.63, 3.8) is 0 Å². The second kappa shape index (κ2) is 9.00. The van der Waals surface area contributed by atoms with Crippen LogP contribution in [0.5, 0.6) is 5.75 Å². The lowest BCUT2D eigenvalue weighted by atomic mass is 10.1. The lowest BCUT2D eigenvalue weighted by Crippen LogP contribution is -2.24. The quantitative estimate of drug-likeness (QED) is 0.233. The van der Waals surface area contributed by atoms with E-state index in [0.29, 0.717) is 21.6 Å². The van der Waals surface area contributed by atoms with Gasteiger partial charge in [-0.1, -0.05) is 30.0 Å². The molecule has 150 valence electrons. The van der Waals surface area contributed by atoms with E-state index in [1.54, 1.807) is 37.3 Å². The number of ether oxygens (including phenoxy) is 1. The molecule has 29 heavy (non-hydrogen) atoms. The summed E-state index contributed by atoms with van der Waals surface area (Å²) < 4.78 is 30.3. The van der Waals surface area contributed by atoms with E-state index in [9.17, 15) is 18.4 Å². The zero-order valence-corrected chi connectivity index (χ0v) is 16.4. The second-order valence-corrected chi connectivity index (χ2v) is 7.45. The van der Waals surface area contributed by atoms with Crippen LogP contribution in [0.4, 0.5) is 8.78 Å². The molecule has 1 aromatic heterocycles.